The molecule has 0 bridgehead atoms. The van der Waals surface area contributed by atoms with Gasteiger partial charge in [-0.3, -0.25) is 9.59 Å². The van der Waals surface area contributed by atoms with Crippen molar-refractivity contribution in [3.63, 3.8) is 0 Å². The second kappa shape index (κ2) is 9.78. The van der Waals surface area contributed by atoms with Crippen LogP contribution in [0, 0.1) is 6.92 Å². The Morgan fingerprint density at radius 3 is 2.42 bits per heavy atom. The average Bonchev–Trinajstić information content (AvgIpc) is 2.63. The minimum absolute atomic E-state index is 0.166. The van der Waals surface area contributed by atoms with Gasteiger partial charge in [0.2, 0.25) is 0 Å². The molecule has 0 atom stereocenters. The summed E-state index contributed by atoms with van der Waals surface area (Å²) in [5, 5.41) is 6.04. The zero-order valence-electron chi connectivity index (χ0n) is 15.0. The third kappa shape index (κ3) is 5.74. The number of unbranched alkanes of at least 4 members (excludes halogenated alkanes) is 1. The Morgan fingerprint density at radius 2 is 1.77 bits per heavy atom. The molecule has 0 unspecified atom stereocenters. The molecule has 0 aliphatic rings. The largest absolute Gasteiger partial charge is 0.351 e. The fourth-order valence-corrected chi connectivity index (χ4v) is 2.47. The summed E-state index contributed by atoms with van der Waals surface area (Å²) in [5.41, 5.74) is 2.38. The van der Waals surface area contributed by atoms with E-state index in [0.29, 0.717) is 22.7 Å². The van der Waals surface area contributed by atoms with Gasteiger partial charge >= 0.3 is 0 Å². The summed E-state index contributed by atoms with van der Waals surface area (Å²) in [6.45, 7) is 4.55. The molecule has 0 fully saturated rings. The summed E-state index contributed by atoms with van der Waals surface area (Å²) < 4.78 is 0. The average molecular weight is 371 g/mol. The zero-order chi connectivity index (χ0) is 18.9. The number of nitrogens with one attached hydrogen (secondary N) is 2. The van der Waals surface area contributed by atoms with E-state index >= 15 is 0 Å². The van der Waals surface area contributed by atoms with Gasteiger partial charge in [-0.2, -0.15) is 0 Å². The van der Waals surface area contributed by atoms with Crippen molar-refractivity contribution < 1.29 is 9.59 Å². The molecule has 0 aliphatic carbocycles. The Labute approximate surface area is 159 Å². The van der Waals surface area contributed by atoms with E-state index in [2.05, 4.69) is 10.6 Å². The molecule has 4 nitrogen and oxygen atoms in total. The number of halogens is 1. The highest BCUT2D eigenvalue weighted by atomic mass is 35.5. The number of rotatable bonds is 7. The Morgan fingerprint density at radius 1 is 1.08 bits per heavy atom. The van der Waals surface area contributed by atoms with Crippen LogP contribution in [0.5, 0.6) is 0 Å². The van der Waals surface area contributed by atoms with Gasteiger partial charge in [0.15, 0.2) is 0 Å². The second-order valence-electron chi connectivity index (χ2n) is 6.01. The quantitative estimate of drug-likeness (QED) is 0.562. The normalized spacial score (nSPS) is 11.1. The summed E-state index contributed by atoms with van der Waals surface area (Å²) >= 11 is 6.18. The summed E-state index contributed by atoms with van der Waals surface area (Å²) in [6, 6.07) is 14.3. The molecule has 0 aliphatic heterocycles. The summed E-state index contributed by atoms with van der Waals surface area (Å²) in [5.74, 6) is -0.673. The number of hydrogen-bond donors (Lipinski definition) is 2. The lowest BCUT2D eigenvalue weighted by atomic mass is 10.1. The molecule has 2 aromatic rings. The molecular weight excluding hydrogens is 348 g/mol. The van der Waals surface area contributed by atoms with Crippen LogP contribution in [-0.2, 0) is 4.79 Å². The second-order valence-corrected chi connectivity index (χ2v) is 6.42. The molecule has 2 N–H and O–H groups in total. The SMILES string of the molecule is CCCCNC(=O)C(=Cc1ccccc1Cl)NC(=O)c1ccc(C)cc1. The fourth-order valence-electron chi connectivity index (χ4n) is 2.28. The van der Waals surface area contributed by atoms with Crippen LogP contribution in [0.3, 0.4) is 0 Å². The van der Waals surface area contributed by atoms with Gasteiger partial charge in [0.25, 0.3) is 11.8 Å². The minimum Gasteiger partial charge on any atom is -0.351 e. The van der Waals surface area contributed by atoms with Crippen LogP contribution < -0.4 is 10.6 Å². The molecule has 0 saturated heterocycles. The summed E-state index contributed by atoms with van der Waals surface area (Å²) in [6.07, 6.45) is 3.44. The maximum absolute atomic E-state index is 12.5. The van der Waals surface area contributed by atoms with Crippen molar-refractivity contribution >= 4 is 29.5 Å². The lowest BCUT2D eigenvalue weighted by molar-refractivity contribution is -0.117. The van der Waals surface area contributed by atoms with E-state index in [0.717, 1.165) is 18.4 Å². The number of benzene rings is 2. The van der Waals surface area contributed by atoms with Crippen molar-refractivity contribution in [1.29, 1.82) is 0 Å². The van der Waals surface area contributed by atoms with E-state index < -0.39 is 0 Å². The molecule has 2 amide bonds. The van der Waals surface area contributed by atoms with Crippen LogP contribution in [0.4, 0.5) is 0 Å². The number of hydrogen-bond acceptors (Lipinski definition) is 2. The molecule has 0 radical (unpaired) electrons. The van der Waals surface area contributed by atoms with Gasteiger partial charge in [0.05, 0.1) is 0 Å². The van der Waals surface area contributed by atoms with Gasteiger partial charge in [-0.15, -0.1) is 0 Å². The van der Waals surface area contributed by atoms with Crippen molar-refractivity contribution in [2.45, 2.75) is 26.7 Å². The van der Waals surface area contributed by atoms with Crippen LogP contribution in [0.2, 0.25) is 5.02 Å². The van der Waals surface area contributed by atoms with Crippen LogP contribution in [0.15, 0.2) is 54.2 Å². The molecule has 0 heterocycles. The molecule has 0 spiro atoms. The van der Waals surface area contributed by atoms with Gasteiger partial charge in [-0.05, 0) is 43.2 Å². The van der Waals surface area contributed by atoms with Crippen molar-refractivity contribution in [2.75, 3.05) is 6.54 Å². The van der Waals surface area contributed by atoms with Gasteiger partial charge in [0, 0.05) is 17.1 Å². The van der Waals surface area contributed by atoms with E-state index in [4.69, 9.17) is 11.6 Å². The van der Waals surface area contributed by atoms with Crippen LogP contribution in [0.25, 0.3) is 6.08 Å². The van der Waals surface area contributed by atoms with Crippen molar-refractivity contribution in [3.05, 3.63) is 75.9 Å². The highest BCUT2D eigenvalue weighted by Crippen LogP contribution is 2.18. The molecule has 0 saturated carbocycles. The first-order valence-electron chi connectivity index (χ1n) is 8.63. The topological polar surface area (TPSA) is 58.2 Å². The predicted molar refractivity (Wildman–Crippen MR) is 106 cm³/mol. The zero-order valence-corrected chi connectivity index (χ0v) is 15.8. The van der Waals surface area contributed by atoms with Gasteiger partial charge < -0.3 is 10.6 Å². The first-order chi connectivity index (χ1) is 12.5. The molecule has 26 heavy (non-hydrogen) atoms. The molecule has 136 valence electrons. The highest BCUT2D eigenvalue weighted by Gasteiger charge is 2.15. The number of amides is 2. The van der Waals surface area contributed by atoms with Crippen LogP contribution in [-0.4, -0.2) is 18.4 Å². The van der Waals surface area contributed by atoms with Gasteiger partial charge in [-0.25, -0.2) is 0 Å². The number of carbonyl (C=O) groups is 2. The fraction of sp³-hybridized carbons (Fsp3) is 0.238. The van der Waals surface area contributed by atoms with Crippen LogP contribution in [0.1, 0.15) is 41.3 Å². The molecular formula is C21H23ClN2O2. The maximum Gasteiger partial charge on any atom is 0.267 e. The van der Waals surface area contributed by atoms with Crippen molar-refractivity contribution in [3.8, 4) is 0 Å². The van der Waals surface area contributed by atoms with Gasteiger partial charge in [-0.1, -0.05) is 60.8 Å². The maximum atomic E-state index is 12.5. The molecule has 0 aromatic heterocycles. The third-order valence-corrected chi connectivity index (χ3v) is 4.17. The Hall–Kier alpha value is -2.59. The molecule has 2 rings (SSSR count). The standard InChI is InChI=1S/C21H23ClN2O2/c1-3-4-13-23-21(26)19(14-17-7-5-6-8-18(17)22)24-20(25)16-11-9-15(2)10-12-16/h5-12,14H,3-4,13H2,1-2H3,(H,23,26)(H,24,25). The minimum atomic E-state index is -0.339. The Balaban J connectivity index is 2.25. The highest BCUT2D eigenvalue weighted by molar-refractivity contribution is 6.32. The van der Waals surface area contributed by atoms with Crippen molar-refractivity contribution in [2.24, 2.45) is 0 Å². The molecule has 2 aromatic carbocycles. The van der Waals surface area contributed by atoms with E-state index in [1.807, 2.05) is 38.1 Å². The lowest BCUT2D eigenvalue weighted by Crippen LogP contribution is -2.35. The van der Waals surface area contributed by atoms with E-state index in [9.17, 15) is 9.59 Å². The van der Waals surface area contributed by atoms with E-state index in [-0.39, 0.29) is 17.5 Å². The number of aryl methyl sites for hydroxylation is 1. The number of carbonyl (C=O) groups excluding carboxylic acids is 2. The van der Waals surface area contributed by atoms with Crippen LogP contribution >= 0.6 is 11.6 Å². The Bertz CT molecular complexity index is 798. The summed E-state index contributed by atoms with van der Waals surface area (Å²) in [4.78, 5) is 25.0. The lowest BCUT2D eigenvalue weighted by Gasteiger charge is -2.11. The first-order valence-corrected chi connectivity index (χ1v) is 9.01. The monoisotopic (exact) mass is 370 g/mol. The van der Waals surface area contributed by atoms with Crippen molar-refractivity contribution in [1.82, 2.24) is 10.6 Å². The molecule has 5 heteroatoms. The smallest absolute Gasteiger partial charge is 0.267 e. The predicted octanol–water partition coefficient (Wildman–Crippen LogP) is 4.34. The van der Waals surface area contributed by atoms with Gasteiger partial charge in [0.1, 0.15) is 5.70 Å². The summed E-state index contributed by atoms with van der Waals surface area (Å²) in [7, 11) is 0. The van der Waals surface area contributed by atoms with E-state index in [1.54, 1.807) is 30.3 Å². The van der Waals surface area contributed by atoms with E-state index in [1.165, 1.54) is 0 Å². The first kappa shape index (κ1) is 19.7. The Kier molecular flexibility index (Phi) is 7.42. The third-order valence-electron chi connectivity index (χ3n) is 3.83.